The predicted molar refractivity (Wildman–Crippen MR) is 97.7 cm³/mol. The lowest BCUT2D eigenvalue weighted by molar-refractivity contribution is -0.139. The molecule has 0 radical (unpaired) electrons. The number of carbonyl (C=O) groups is 1. The fourth-order valence-electron chi connectivity index (χ4n) is 4.36. The van der Waals surface area contributed by atoms with E-state index < -0.39 is 0 Å². The number of nitrogens with zero attached hydrogens (tertiary/aromatic N) is 2. The fourth-order valence-corrected chi connectivity index (χ4v) is 5.33. The second-order valence-corrected chi connectivity index (χ2v) is 8.24. The molecule has 1 aromatic heterocycles. The predicted octanol–water partition coefficient (Wildman–Crippen LogP) is 2.76. The van der Waals surface area contributed by atoms with Crippen LogP contribution in [0.2, 0.25) is 0 Å². The third kappa shape index (κ3) is 3.07. The Labute approximate surface area is 151 Å². The lowest BCUT2D eigenvalue weighted by Gasteiger charge is -2.42. The molecule has 2 heterocycles. The fraction of sp³-hybridized carbons (Fsp3) is 0.579. The standard InChI is InChI=1S/C19H24N2O3S/c1-24-19-9-8-13(22)12-16(19)21(11-10-19)18(23)7-6-17-20-14-4-2-3-5-15(14)25-17/h2-5,13,16,22H,6-12H2,1H3/t13-,16+,19-/m1/s1. The number of aryl methyl sites for hydroxylation is 1. The summed E-state index contributed by atoms with van der Waals surface area (Å²) in [5, 5.41) is 11.1. The van der Waals surface area contributed by atoms with Gasteiger partial charge in [0, 0.05) is 26.5 Å². The minimum absolute atomic E-state index is 0.00381. The average Bonchev–Trinajstić information content (AvgIpc) is 3.21. The maximum absolute atomic E-state index is 12.8. The summed E-state index contributed by atoms with van der Waals surface area (Å²) in [6.45, 7) is 0.726. The number of aromatic nitrogens is 1. The molecule has 1 N–H and O–H groups in total. The van der Waals surface area contributed by atoms with Crippen LogP contribution in [0.15, 0.2) is 24.3 Å². The number of likely N-dealkylation sites (tertiary alicyclic amines) is 1. The normalized spacial score (nSPS) is 29.1. The highest BCUT2D eigenvalue weighted by Gasteiger charge is 2.52. The average molecular weight is 360 g/mol. The number of hydrogen-bond acceptors (Lipinski definition) is 5. The molecule has 134 valence electrons. The zero-order chi connectivity index (χ0) is 17.4. The molecule has 1 aliphatic heterocycles. The van der Waals surface area contributed by atoms with Crippen molar-refractivity contribution < 1.29 is 14.6 Å². The third-order valence-electron chi connectivity index (χ3n) is 5.77. The maximum Gasteiger partial charge on any atom is 0.223 e. The zero-order valence-corrected chi connectivity index (χ0v) is 15.3. The summed E-state index contributed by atoms with van der Waals surface area (Å²) in [5.74, 6) is 0.150. The van der Waals surface area contributed by atoms with Gasteiger partial charge in [-0.2, -0.15) is 0 Å². The van der Waals surface area contributed by atoms with Crippen molar-refractivity contribution in [2.24, 2.45) is 0 Å². The topological polar surface area (TPSA) is 62.7 Å². The van der Waals surface area contributed by atoms with Gasteiger partial charge < -0.3 is 14.7 Å². The van der Waals surface area contributed by atoms with Crippen LogP contribution < -0.4 is 0 Å². The second-order valence-electron chi connectivity index (χ2n) is 7.13. The number of aliphatic hydroxyl groups excluding tert-OH is 1. The Bertz CT molecular complexity index is 744. The van der Waals surface area contributed by atoms with Crippen LogP contribution in [-0.4, -0.2) is 52.3 Å². The molecule has 1 saturated heterocycles. The molecule has 5 nitrogen and oxygen atoms in total. The number of fused-ring (bicyclic) bond motifs is 2. The summed E-state index contributed by atoms with van der Waals surface area (Å²) >= 11 is 1.66. The number of carbonyl (C=O) groups excluding carboxylic acids is 1. The summed E-state index contributed by atoms with van der Waals surface area (Å²) in [5.41, 5.74) is 0.745. The van der Waals surface area contributed by atoms with Crippen LogP contribution in [0.1, 0.15) is 37.1 Å². The lowest BCUT2D eigenvalue weighted by atomic mass is 9.79. The van der Waals surface area contributed by atoms with Gasteiger partial charge in [0.25, 0.3) is 0 Å². The highest BCUT2D eigenvalue weighted by atomic mass is 32.1. The first kappa shape index (κ1) is 16.9. The van der Waals surface area contributed by atoms with E-state index >= 15 is 0 Å². The van der Waals surface area contributed by atoms with Gasteiger partial charge in [0.15, 0.2) is 0 Å². The van der Waals surface area contributed by atoms with E-state index in [4.69, 9.17) is 4.74 Å². The molecule has 3 atom stereocenters. The van der Waals surface area contributed by atoms with Gasteiger partial charge in [0.1, 0.15) is 0 Å². The smallest absolute Gasteiger partial charge is 0.223 e. The number of benzene rings is 1. The minimum Gasteiger partial charge on any atom is -0.393 e. The van der Waals surface area contributed by atoms with Crippen molar-refractivity contribution >= 4 is 27.5 Å². The second kappa shape index (κ2) is 6.67. The van der Waals surface area contributed by atoms with Gasteiger partial charge in [-0.25, -0.2) is 4.98 Å². The summed E-state index contributed by atoms with van der Waals surface area (Å²) in [4.78, 5) is 19.4. The Hall–Kier alpha value is -1.50. The summed E-state index contributed by atoms with van der Waals surface area (Å²) in [7, 11) is 1.74. The Balaban J connectivity index is 1.44. The number of rotatable bonds is 4. The molecule has 0 unspecified atom stereocenters. The van der Waals surface area contributed by atoms with Crippen LogP contribution in [-0.2, 0) is 16.0 Å². The molecule has 2 aliphatic rings. The van der Waals surface area contributed by atoms with E-state index in [2.05, 4.69) is 11.1 Å². The molecule has 1 aliphatic carbocycles. The van der Waals surface area contributed by atoms with E-state index in [1.54, 1.807) is 18.4 Å². The van der Waals surface area contributed by atoms with Crippen LogP contribution in [0.3, 0.4) is 0 Å². The first-order valence-corrected chi connectivity index (χ1v) is 9.80. The molecule has 6 heteroatoms. The Morgan fingerprint density at radius 3 is 3.08 bits per heavy atom. The van der Waals surface area contributed by atoms with Crippen LogP contribution >= 0.6 is 11.3 Å². The SMILES string of the molecule is CO[C@@]12CC[C@@H](O)C[C@@H]1N(C(=O)CCc1nc3ccccc3s1)CC2. The number of amides is 1. The van der Waals surface area contributed by atoms with Crippen molar-refractivity contribution in [3.8, 4) is 0 Å². The van der Waals surface area contributed by atoms with E-state index in [1.165, 1.54) is 4.70 Å². The van der Waals surface area contributed by atoms with Gasteiger partial charge in [-0.3, -0.25) is 4.79 Å². The summed E-state index contributed by atoms with van der Waals surface area (Å²) in [6, 6.07) is 8.07. The van der Waals surface area contributed by atoms with Crippen molar-refractivity contribution in [1.29, 1.82) is 0 Å². The number of thiazole rings is 1. The Kier molecular flexibility index (Phi) is 4.52. The number of aliphatic hydroxyl groups is 1. The van der Waals surface area contributed by atoms with Crippen LogP contribution in [0.5, 0.6) is 0 Å². The van der Waals surface area contributed by atoms with Crippen molar-refractivity contribution in [3.63, 3.8) is 0 Å². The number of methoxy groups -OCH3 is 1. The van der Waals surface area contributed by atoms with Crippen LogP contribution in [0, 0.1) is 0 Å². The first-order chi connectivity index (χ1) is 12.1. The molecule has 1 saturated carbocycles. The molecule has 4 rings (SSSR count). The quantitative estimate of drug-likeness (QED) is 0.911. The van der Waals surface area contributed by atoms with Crippen LogP contribution in [0.25, 0.3) is 10.2 Å². The van der Waals surface area contributed by atoms with Crippen LogP contribution in [0.4, 0.5) is 0 Å². The van der Waals surface area contributed by atoms with Crippen molar-refractivity contribution in [3.05, 3.63) is 29.3 Å². The van der Waals surface area contributed by atoms with Crippen molar-refractivity contribution in [1.82, 2.24) is 9.88 Å². The highest BCUT2D eigenvalue weighted by Crippen LogP contribution is 2.42. The van der Waals surface area contributed by atoms with Gasteiger partial charge in [0.05, 0.1) is 33.0 Å². The molecule has 0 bridgehead atoms. The Morgan fingerprint density at radius 2 is 2.28 bits per heavy atom. The zero-order valence-electron chi connectivity index (χ0n) is 14.5. The largest absolute Gasteiger partial charge is 0.393 e. The summed E-state index contributed by atoms with van der Waals surface area (Å²) in [6.07, 6.45) is 3.89. The van der Waals surface area contributed by atoms with Crippen molar-refractivity contribution in [2.45, 2.75) is 56.3 Å². The van der Waals surface area contributed by atoms with Gasteiger partial charge in [-0.15, -0.1) is 11.3 Å². The lowest BCUT2D eigenvalue weighted by Crippen LogP contribution is -2.52. The minimum atomic E-state index is -0.328. The molecule has 25 heavy (non-hydrogen) atoms. The Morgan fingerprint density at radius 1 is 1.44 bits per heavy atom. The number of ether oxygens (including phenoxy) is 1. The molecule has 2 fully saturated rings. The third-order valence-corrected chi connectivity index (χ3v) is 6.87. The molecular formula is C19H24N2O3S. The molecular weight excluding hydrogens is 336 g/mol. The molecule has 1 aromatic carbocycles. The van der Waals surface area contributed by atoms with Crippen molar-refractivity contribution in [2.75, 3.05) is 13.7 Å². The molecule has 2 aromatic rings. The summed E-state index contributed by atoms with van der Waals surface area (Å²) < 4.78 is 6.99. The number of hydrogen-bond donors (Lipinski definition) is 1. The molecule has 0 spiro atoms. The van der Waals surface area contributed by atoms with E-state index in [1.807, 2.05) is 23.1 Å². The van der Waals surface area contributed by atoms with E-state index in [-0.39, 0.29) is 23.7 Å². The first-order valence-electron chi connectivity index (χ1n) is 8.98. The van der Waals surface area contributed by atoms with E-state index in [9.17, 15) is 9.90 Å². The van der Waals surface area contributed by atoms with Gasteiger partial charge in [-0.1, -0.05) is 12.1 Å². The van der Waals surface area contributed by atoms with Gasteiger partial charge in [-0.05, 0) is 37.8 Å². The monoisotopic (exact) mass is 360 g/mol. The van der Waals surface area contributed by atoms with E-state index in [0.29, 0.717) is 19.3 Å². The highest BCUT2D eigenvalue weighted by molar-refractivity contribution is 7.18. The maximum atomic E-state index is 12.8. The molecule has 1 amide bonds. The van der Waals surface area contributed by atoms with Gasteiger partial charge in [0.2, 0.25) is 5.91 Å². The number of para-hydroxylation sites is 1. The van der Waals surface area contributed by atoms with E-state index in [0.717, 1.165) is 36.3 Å². The van der Waals surface area contributed by atoms with Gasteiger partial charge >= 0.3 is 0 Å².